The summed E-state index contributed by atoms with van der Waals surface area (Å²) in [5.74, 6) is 0.289. The number of aromatic nitrogens is 2. The zero-order chi connectivity index (χ0) is 19.7. The molecule has 2 aromatic heterocycles. The number of rotatable bonds is 5. The highest BCUT2D eigenvalue weighted by atomic mass is 16.5. The lowest BCUT2D eigenvalue weighted by Gasteiger charge is -2.14. The Bertz CT molecular complexity index is 995. The van der Waals surface area contributed by atoms with Crippen LogP contribution in [0.15, 0.2) is 24.4 Å². The molecule has 1 aromatic carbocycles. The van der Waals surface area contributed by atoms with Gasteiger partial charge in [0.15, 0.2) is 17.1 Å². The zero-order valence-corrected chi connectivity index (χ0v) is 16.8. The summed E-state index contributed by atoms with van der Waals surface area (Å²) < 4.78 is 13.1. The minimum atomic E-state index is -0.371. The second-order valence-electron chi connectivity index (χ2n) is 7.01. The topological polar surface area (TPSA) is 52.8 Å². The first kappa shape index (κ1) is 19.0. The molecule has 0 aliphatic rings. The number of hydrogen-bond donors (Lipinski definition) is 0. The molecule has 0 radical (unpaired) electrons. The van der Waals surface area contributed by atoms with E-state index in [-0.39, 0.29) is 5.97 Å². The van der Waals surface area contributed by atoms with Crippen molar-refractivity contribution in [2.24, 2.45) is 0 Å². The normalized spacial score (nSPS) is 11.0. The van der Waals surface area contributed by atoms with Gasteiger partial charge in [-0.3, -0.25) is 4.40 Å². The summed E-state index contributed by atoms with van der Waals surface area (Å²) in [6.45, 7) is 12.7. The fourth-order valence-corrected chi connectivity index (χ4v) is 3.50. The number of esters is 1. The lowest BCUT2D eigenvalue weighted by atomic mass is 10.0. The molecule has 0 aliphatic carbocycles. The largest absolute Gasteiger partial charge is 0.485 e. The summed E-state index contributed by atoms with van der Waals surface area (Å²) in [4.78, 5) is 16.9. The van der Waals surface area contributed by atoms with Crippen LogP contribution in [0.4, 0.5) is 0 Å². The van der Waals surface area contributed by atoms with Crippen LogP contribution in [0.5, 0.6) is 5.75 Å². The Morgan fingerprint density at radius 3 is 2.33 bits per heavy atom. The first-order valence-corrected chi connectivity index (χ1v) is 9.17. The standard InChI is InChI=1S/C22H26N2O3/c1-7-26-22(25)20-17(6)23-21-19(10-14(3)11-24(20)21)27-12-18-15(4)8-13(2)9-16(18)5/h8-11H,7,12H2,1-6H3. The van der Waals surface area contributed by atoms with E-state index in [1.165, 1.54) is 22.3 Å². The van der Waals surface area contributed by atoms with Crippen molar-refractivity contribution in [3.05, 3.63) is 63.6 Å². The molecule has 0 N–H and O–H groups in total. The van der Waals surface area contributed by atoms with Crippen LogP contribution in [0.2, 0.25) is 0 Å². The van der Waals surface area contributed by atoms with Gasteiger partial charge in [-0.15, -0.1) is 0 Å². The SMILES string of the molecule is CCOC(=O)c1c(C)nc2c(OCc3c(C)cc(C)cc3C)cc(C)cn12. The molecular formula is C22H26N2O3. The van der Waals surface area contributed by atoms with Gasteiger partial charge in [0.25, 0.3) is 0 Å². The summed E-state index contributed by atoms with van der Waals surface area (Å²) in [6, 6.07) is 6.28. The summed E-state index contributed by atoms with van der Waals surface area (Å²) in [5.41, 5.74) is 7.53. The summed E-state index contributed by atoms with van der Waals surface area (Å²) in [7, 11) is 0. The average Bonchev–Trinajstić information content (AvgIpc) is 2.89. The Morgan fingerprint density at radius 1 is 1.04 bits per heavy atom. The highest BCUT2D eigenvalue weighted by molar-refractivity contribution is 5.90. The van der Waals surface area contributed by atoms with Crippen molar-refractivity contribution in [3.8, 4) is 5.75 Å². The molecule has 0 unspecified atom stereocenters. The molecule has 5 nitrogen and oxygen atoms in total. The molecule has 0 saturated carbocycles. The number of hydrogen-bond acceptors (Lipinski definition) is 4. The van der Waals surface area contributed by atoms with Gasteiger partial charge in [0.1, 0.15) is 6.61 Å². The molecular weight excluding hydrogens is 340 g/mol. The van der Waals surface area contributed by atoms with E-state index in [1.807, 2.05) is 26.1 Å². The number of fused-ring (bicyclic) bond motifs is 1. The van der Waals surface area contributed by atoms with Crippen LogP contribution in [0.3, 0.4) is 0 Å². The van der Waals surface area contributed by atoms with Crippen LogP contribution in [-0.2, 0) is 11.3 Å². The third-order valence-corrected chi connectivity index (χ3v) is 4.68. The smallest absolute Gasteiger partial charge is 0.357 e. The van der Waals surface area contributed by atoms with Gasteiger partial charge >= 0.3 is 5.97 Å². The van der Waals surface area contributed by atoms with Gasteiger partial charge in [-0.2, -0.15) is 0 Å². The number of ether oxygens (including phenoxy) is 2. The van der Waals surface area contributed by atoms with Gasteiger partial charge in [0.2, 0.25) is 0 Å². The Hall–Kier alpha value is -2.82. The third-order valence-electron chi connectivity index (χ3n) is 4.68. The molecule has 142 valence electrons. The monoisotopic (exact) mass is 366 g/mol. The van der Waals surface area contributed by atoms with Gasteiger partial charge in [-0.05, 0) is 69.9 Å². The lowest BCUT2D eigenvalue weighted by Crippen LogP contribution is -2.10. The van der Waals surface area contributed by atoms with Crippen LogP contribution < -0.4 is 4.74 Å². The number of pyridine rings is 1. The molecule has 0 spiro atoms. The summed E-state index contributed by atoms with van der Waals surface area (Å²) in [5, 5.41) is 0. The molecule has 0 amide bonds. The molecule has 0 aliphatic heterocycles. The van der Waals surface area contributed by atoms with E-state index in [0.29, 0.717) is 36.0 Å². The highest BCUT2D eigenvalue weighted by Crippen LogP contribution is 2.26. The molecule has 5 heteroatoms. The third kappa shape index (κ3) is 3.68. The highest BCUT2D eigenvalue weighted by Gasteiger charge is 2.20. The Labute approximate surface area is 159 Å². The number of benzene rings is 1. The van der Waals surface area contributed by atoms with Crippen LogP contribution in [0.1, 0.15) is 50.9 Å². The number of imidazole rings is 1. The van der Waals surface area contributed by atoms with E-state index < -0.39 is 0 Å². The van der Waals surface area contributed by atoms with E-state index in [0.717, 1.165) is 5.56 Å². The van der Waals surface area contributed by atoms with Crippen LogP contribution in [0, 0.1) is 34.6 Å². The van der Waals surface area contributed by atoms with E-state index in [1.54, 1.807) is 11.3 Å². The molecule has 2 heterocycles. The van der Waals surface area contributed by atoms with Crippen LogP contribution in [-0.4, -0.2) is 22.0 Å². The molecule has 0 bridgehead atoms. The summed E-state index contributed by atoms with van der Waals surface area (Å²) in [6.07, 6.45) is 1.89. The first-order valence-electron chi connectivity index (χ1n) is 9.17. The van der Waals surface area contributed by atoms with Gasteiger partial charge in [-0.1, -0.05) is 17.7 Å². The maximum absolute atomic E-state index is 12.3. The Balaban J connectivity index is 2.01. The number of nitrogens with zero attached hydrogens (tertiary/aromatic N) is 2. The quantitative estimate of drug-likeness (QED) is 0.618. The fraction of sp³-hybridized carbons (Fsp3) is 0.364. The van der Waals surface area contributed by atoms with E-state index in [4.69, 9.17) is 9.47 Å². The number of aryl methyl sites for hydroxylation is 5. The predicted molar refractivity (Wildman–Crippen MR) is 106 cm³/mol. The van der Waals surface area contributed by atoms with Crippen LogP contribution in [0.25, 0.3) is 5.65 Å². The van der Waals surface area contributed by atoms with Crippen molar-refractivity contribution in [2.45, 2.75) is 48.1 Å². The second kappa shape index (κ2) is 7.43. The van der Waals surface area contributed by atoms with E-state index in [2.05, 4.69) is 37.9 Å². The van der Waals surface area contributed by atoms with Crippen molar-refractivity contribution < 1.29 is 14.3 Å². The number of carbonyl (C=O) groups excluding carboxylic acids is 1. The maximum Gasteiger partial charge on any atom is 0.357 e. The maximum atomic E-state index is 12.3. The molecule has 3 aromatic rings. The van der Waals surface area contributed by atoms with Crippen molar-refractivity contribution >= 4 is 11.6 Å². The molecule has 0 fully saturated rings. The Kier molecular flexibility index (Phi) is 5.22. The lowest BCUT2D eigenvalue weighted by molar-refractivity contribution is 0.0517. The molecule has 0 saturated heterocycles. The molecule has 3 rings (SSSR count). The van der Waals surface area contributed by atoms with E-state index in [9.17, 15) is 4.79 Å². The van der Waals surface area contributed by atoms with Gasteiger partial charge in [0.05, 0.1) is 12.3 Å². The zero-order valence-electron chi connectivity index (χ0n) is 16.8. The first-order chi connectivity index (χ1) is 12.8. The minimum absolute atomic E-state index is 0.326. The van der Waals surface area contributed by atoms with Crippen molar-refractivity contribution in [1.29, 1.82) is 0 Å². The molecule has 27 heavy (non-hydrogen) atoms. The van der Waals surface area contributed by atoms with Crippen molar-refractivity contribution in [3.63, 3.8) is 0 Å². The van der Waals surface area contributed by atoms with Gasteiger partial charge in [-0.25, -0.2) is 9.78 Å². The molecule has 0 atom stereocenters. The summed E-state index contributed by atoms with van der Waals surface area (Å²) >= 11 is 0. The minimum Gasteiger partial charge on any atom is -0.485 e. The van der Waals surface area contributed by atoms with Crippen LogP contribution >= 0.6 is 0 Å². The van der Waals surface area contributed by atoms with Gasteiger partial charge < -0.3 is 9.47 Å². The van der Waals surface area contributed by atoms with E-state index >= 15 is 0 Å². The number of carbonyl (C=O) groups is 1. The van der Waals surface area contributed by atoms with Crippen molar-refractivity contribution in [2.75, 3.05) is 6.61 Å². The average molecular weight is 366 g/mol. The predicted octanol–water partition coefficient (Wildman–Crippen LogP) is 4.63. The van der Waals surface area contributed by atoms with Gasteiger partial charge in [0, 0.05) is 6.20 Å². The van der Waals surface area contributed by atoms with Crippen molar-refractivity contribution in [1.82, 2.24) is 9.38 Å². The fourth-order valence-electron chi connectivity index (χ4n) is 3.50. The second-order valence-corrected chi connectivity index (χ2v) is 7.01. The Morgan fingerprint density at radius 2 is 1.70 bits per heavy atom.